The van der Waals surface area contributed by atoms with Crippen LogP contribution in [-0.4, -0.2) is 12.9 Å². The van der Waals surface area contributed by atoms with Crippen molar-refractivity contribution in [2.24, 2.45) is 0 Å². The largest absolute Gasteiger partial charge is 0.465 e. The molecular weight excluding hydrogens is 224 g/mol. The fourth-order valence-electron chi connectivity index (χ4n) is 1.75. The van der Waals surface area contributed by atoms with E-state index in [1.807, 2.05) is 30.3 Å². The maximum Gasteiger partial charge on any atom is 0.199 e. The number of para-hydroxylation sites is 1. The van der Waals surface area contributed by atoms with Gasteiger partial charge in [0.2, 0.25) is 0 Å². The topological polar surface area (TPSA) is 18.5 Å². The highest BCUT2D eigenvalue weighted by atomic mass is 16.7. The van der Waals surface area contributed by atoms with Crippen LogP contribution in [0.15, 0.2) is 30.3 Å². The van der Waals surface area contributed by atoms with E-state index >= 15 is 0 Å². The van der Waals surface area contributed by atoms with Gasteiger partial charge >= 0.3 is 0 Å². The molecular formula is C16H26O2. The molecule has 0 aromatic heterocycles. The number of benzene rings is 1. The van der Waals surface area contributed by atoms with E-state index in [2.05, 4.69) is 13.8 Å². The van der Waals surface area contributed by atoms with Crippen molar-refractivity contribution in [3.05, 3.63) is 30.3 Å². The van der Waals surface area contributed by atoms with Crippen molar-refractivity contribution in [3.8, 4) is 5.75 Å². The number of hydrogen-bond acceptors (Lipinski definition) is 2. The predicted molar refractivity (Wildman–Crippen MR) is 75.9 cm³/mol. The monoisotopic (exact) mass is 250 g/mol. The maximum absolute atomic E-state index is 5.89. The van der Waals surface area contributed by atoms with Crippen molar-refractivity contribution in [1.82, 2.24) is 0 Å². The Labute approximate surface area is 111 Å². The molecule has 2 nitrogen and oxygen atoms in total. The summed E-state index contributed by atoms with van der Waals surface area (Å²) in [6.07, 6.45) is 6.78. The van der Waals surface area contributed by atoms with Crippen molar-refractivity contribution < 1.29 is 9.47 Å². The number of ether oxygens (including phenoxy) is 2. The summed E-state index contributed by atoms with van der Waals surface area (Å²) >= 11 is 0. The molecule has 0 saturated heterocycles. The molecule has 1 rings (SSSR count). The minimum absolute atomic E-state index is 0.0921. The molecule has 0 bridgehead atoms. The second-order valence-corrected chi connectivity index (χ2v) is 4.58. The average Bonchev–Trinajstić information content (AvgIpc) is 2.40. The number of rotatable bonds is 10. The summed E-state index contributed by atoms with van der Waals surface area (Å²) in [6, 6.07) is 9.94. The first-order valence-electron chi connectivity index (χ1n) is 7.20. The van der Waals surface area contributed by atoms with Crippen molar-refractivity contribution in [3.63, 3.8) is 0 Å². The van der Waals surface area contributed by atoms with E-state index in [1.165, 1.54) is 19.3 Å². The Bertz CT molecular complexity index is 274. The summed E-state index contributed by atoms with van der Waals surface area (Å²) in [6.45, 7) is 5.18. The van der Waals surface area contributed by atoms with E-state index in [0.717, 1.165) is 31.6 Å². The number of hydrogen-bond donors (Lipinski definition) is 0. The normalized spacial score (nSPS) is 12.3. The van der Waals surface area contributed by atoms with Gasteiger partial charge in [-0.3, -0.25) is 0 Å². The van der Waals surface area contributed by atoms with E-state index in [1.54, 1.807) is 0 Å². The standard InChI is InChI=1S/C16H26O2/c1-3-5-8-13-16(17-14-6-4-2)18-15-11-9-7-10-12-15/h7,9-12,16H,3-6,8,13-14H2,1-2H3. The zero-order valence-corrected chi connectivity index (χ0v) is 11.7. The molecule has 0 aliphatic rings. The van der Waals surface area contributed by atoms with Gasteiger partial charge in [0.1, 0.15) is 5.75 Å². The van der Waals surface area contributed by atoms with Gasteiger partial charge in [0.15, 0.2) is 6.29 Å². The summed E-state index contributed by atoms with van der Waals surface area (Å²) in [7, 11) is 0. The third-order valence-corrected chi connectivity index (χ3v) is 2.86. The molecule has 1 atom stereocenters. The van der Waals surface area contributed by atoms with Crippen LogP contribution in [0.2, 0.25) is 0 Å². The molecule has 0 spiro atoms. The molecule has 0 N–H and O–H groups in total. The van der Waals surface area contributed by atoms with Gasteiger partial charge in [0.25, 0.3) is 0 Å². The molecule has 0 amide bonds. The zero-order valence-electron chi connectivity index (χ0n) is 11.7. The SMILES string of the molecule is CCCCCC(OCCCC)Oc1ccccc1. The summed E-state index contributed by atoms with van der Waals surface area (Å²) in [5, 5.41) is 0. The van der Waals surface area contributed by atoms with Crippen LogP contribution in [0.1, 0.15) is 52.4 Å². The first kappa shape index (κ1) is 15.0. The van der Waals surface area contributed by atoms with Crippen LogP contribution in [0.4, 0.5) is 0 Å². The molecule has 2 heteroatoms. The van der Waals surface area contributed by atoms with E-state index in [9.17, 15) is 0 Å². The highest BCUT2D eigenvalue weighted by molar-refractivity contribution is 5.20. The minimum atomic E-state index is -0.0921. The van der Waals surface area contributed by atoms with Gasteiger partial charge in [-0.2, -0.15) is 0 Å². The van der Waals surface area contributed by atoms with Gasteiger partial charge < -0.3 is 9.47 Å². The lowest BCUT2D eigenvalue weighted by Gasteiger charge is -2.19. The van der Waals surface area contributed by atoms with Gasteiger partial charge in [-0.1, -0.05) is 51.3 Å². The van der Waals surface area contributed by atoms with Gasteiger partial charge in [-0.25, -0.2) is 0 Å². The molecule has 0 heterocycles. The molecule has 0 saturated carbocycles. The summed E-state index contributed by atoms with van der Waals surface area (Å²) in [5.41, 5.74) is 0. The molecule has 1 aromatic carbocycles. The van der Waals surface area contributed by atoms with Gasteiger partial charge in [-0.15, -0.1) is 0 Å². The molecule has 1 unspecified atom stereocenters. The molecule has 102 valence electrons. The van der Waals surface area contributed by atoms with Crippen LogP contribution in [0.3, 0.4) is 0 Å². The summed E-state index contributed by atoms with van der Waals surface area (Å²) in [4.78, 5) is 0. The quantitative estimate of drug-likeness (QED) is 0.439. The fourth-order valence-corrected chi connectivity index (χ4v) is 1.75. The zero-order chi connectivity index (χ0) is 13.1. The Morgan fingerprint density at radius 1 is 0.944 bits per heavy atom. The van der Waals surface area contributed by atoms with Crippen molar-refractivity contribution in [2.75, 3.05) is 6.61 Å². The van der Waals surface area contributed by atoms with Gasteiger partial charge in [-0.05, 0) is 25.0 Å². The Morgan fingerprint density at radius 2 is 1.67 bits per heavy atom. The lowest BCUT2D eigenvalue weighted by atomic mass is 10.2. The third kappa shape index (κ3) is 6.65. The second kappa shape index (κ2) is 9.95. The van der Waals surface area contributed by atoms with Crippen LogP contribution in [0.5, 0.6) is 5.75 Å². The van der Waals surface area contributed by atoms with Crippen LogP contribution in [-0.2, 0) is 4.74 Å². The molecule has 0 fully saturated rings. The van der Waals surface area contributed by atoms with Gasteiger partial charge in [0.05, 0.1) is 6.61 Å². The predicted octanol–water partition coefficient (Wildman–Crippen LogP) is 4.79. The van der Waals surface area contributed by atoms with Crippen LogP contribution < -0.4 is 4.74 Å². The van der Waals surface area contributed by atoms with E-state index in [0.29, 0.717) is 0 Å². The number of unbranched alkanes of at least 4 members (excludes halogenated alkanes) is 3. The molecule has 1 aromatic rings. The van der Waals surface area contributed by atoms with Crippen LogP contribution >= 0.6 is 0 Å². The first-order chi connectivity index (χ1) is 8.86. The minimum Gasteiger partial charge on any atom is -0.465 e. The molecule has 18 heavy (non-hydrogen) atoms. The fraction of sp³-hybridized carbons (Fsp3) is 0.625. The lowest BCUT2D eigenvalue weighted by molar-refractivity contribution is -0.0862. The van der Waals surface area contributed by atoms with Crippen LogP contribution in [0, 0.1) is 0 Å². The van der Waals surface area contributed by atoms with Crippen LogP contribution in [0.25, 0.3) is 0 Å². The van der Waals surface area contributed by atoms with E-state index in [4.69, 9.17) is 9.47 Å². The Morgan fingerprint density at radius 3 is 2.33 bits per heavy atom. The highest BCUT2D eigenvalue weighted by Crippen LogP contribution is 2.15. The van der Waals surface area contributed by atoms with Crippen molar-refractivity contribution in [1.29, 1.82) is 0 Å². The molecule has 0 aliphatic carbocycles. The molecule has 0 aliphatic heterocycles. The highest BCUT2D eigenvalue weighted by Gasteiger charge is 2.10. The Balaban J connectivity index is 2.37. The smallest absolute Gasteiger partial charge is 0.199 e. The van der Waals surface area contributed by atoms with Crippen molar-refractivity contribution >= 4 is 0 Å². The molecule has 0 radical (unpaired) electrons. The van der Waals surface area contributed by atoms with Crippen molar-refractivity contribution in [2.45, 2.75) is 58.7 Å². The first-order valence-corrected chi connectivity index (χ1v) is 7.20. The van der Waals surface area contributed by atoms with E-state index < -0.39 is 0 Å². The maximum atomic E-state index is 5.89. The average molecular weight is 250 g/mol. The Hall–Kier alpha value is -1.02. The summed E-state index contributed by atoms with van der Waals surface area (Å²) < 4.78 is 11.7. The second-order valence-electron chi connectivity index (χ2n) is 4.58. The third-order valence-electron chi connectivity index (χ3n) is 2.86. The van der Waals surface area contributed by atoms with E-state index in [-0.39, 0.29) is 6.29 Å². The van der Waals surface area contributed by atoms with Gasteiger partial charge in [0, 0.05) is 6.42 Å². The summed E-state index contributed by atoms with van der Waals surface area (Å²) in [5.74, 6) is 0.899. The Kier molecular flexibility index (Phi) is 8.32. The lowest BCUT2D eigenvalue weighted by Crippen LogP contribution is -2.21.